The van der Waals surface area contributed by atoms with E-state index in [1.54, 1.807) is 0 Å². The summed E-state index contributed by atoms with van der Waals surface area (Å²) in [4.78, 5) is 15.5. The van der Waals surface area contributed by atoms with Crippen LogP contribution in [0.5, 0.6) is 0 Å². The number of likely N-dealkylation sites (tertiary alicyclic amines) is 1. The summed E-state index contributed by atoms with van der Waals surface area (Å²) in [5, 5.41) is 5.07. The number of nitrogens with one attached hydrogen (secondary N) is 1. The third-order valence-electron chi connectivity index (χ3n) is 6.20. The predicted octanol–water partition coefficient (Wildman–Crippen LogP) is 4.86. The highest BCUT2D eigenvalue weighted by Crippen LogP contribution is 2.31. The van der Waals surface area contributed by atoms with Crippen LogP contribution in [0.2, 0.25) is 0 Å². The normalized spacial score (nSPS) is 20.7. The number of nitrogens with zero attached hydrogens (tertiary/aromatic N) is 1. The minimum absolute atomic E-state index is 0.0925. The maximum atomic E-state index is 12.1. The summed E-state index contributed by atoms with van der Waals surface area (Å²) in [6.45, 7) is 6.18. The van der Waals surface area contributed by atoms with E-state index in [0.717, 1.165) is 35.4 Å². The molecule has 3 nitrogen and oxygen atoms in total. The van der Waals surface area contributed by atoms with Gasteiger partial charge in [-0.3, -0.25) is 4.79 Å². The number of amides is 1. The summed E-state index contributed by atoms with van der Waals surface area (Å²) < 4.78 is 0. The van der Waals surface area contributed by atoms with E-state index in [-0.39, 0.29) is 5.91 Å². The Morgan fingerprint density at radius 3 is 2.44 bits per heavy atom. The summed E-state index contributed by atoms with van der Waals surface area (Å²) in [6, 6.07) is 2.01. The highest BCUT2D eigenvalue weighted by molar-refractivity contribution is 7.12. The van der Waals surface area contributed by atoms with E-state index in [9.17, 15) is 4.79 Å². The van der Waals surface area contributed by atoms with Gasteiger partial charge in [-0.1, -0.05) is 44.9 Å². The number of thiophene rings is 1. The number of hydrogen-bond acceptors (Lipinski definition) is 3. The van der Waals surface area contributed by atoms with Crippen molar-refractivity contribution in [2.75, 3.05) is 26.2 Å². The fraction of sp³-hybridized carbons (Fsp3) is 0.762. The van der Waals surface area contributed by atoms with Gasteiger partial charge in [0.15, 0.2) is 0 Å². The molecule has 1 amide bonds. The molecule has 2 fully saturated rings. The monoisotopic (exact) mass is 362 g/mol. The molecule has 0 aromatic carbocycles. The van der Waals surface area contributed by atoms with Crippen LogP contribution >= 0.6 is 11.3 Å². The molecule has 0 unspecified atom stereocenters. The molecular formula is C21H34N2OS. The van der Waals surface area contributed by atoms with E-state index in [0.29, 0.717) is 0 Å². The molecule has 0 radical (unpaired) electrons. The Morgan fingerprint density at radius 2 is 1.80 bits per heavy atom. The lowest BCUT2D eigenvalue weighted by atomic mass is 9.82. The average Bonchev–Trinajstić information content (AvgIpc) is 3.08. The van der Waals surface area contributed by atoms with Gasteiger partial charge in [-0.05, 0) is 61.7 Å². The molecule has 1 aromatic rings. The Hall–Kier alpha value is -0.870. The van der Waals surface area contributed by atoms with E-state index in [1.807, 2.05) is 18.4 Å². The first kappa shape index (κ1) is 18.9. The summed E-state index contributed by atoms with van der Waals surface area (Å²) >= 11 is 1.54. The third-order valence-corrected chi connectivity index (χ3v) is 7.21. The number of piperidine rings is 1. The third kappa shape index (κ3) is 5.82. The van der Waals surface area contributed by atoms with Gasteiger partial charge >= 0.3 is 0 Å². The molecule has 1 saturated carbocycles. The second-order valence-electron chi connectivity index (χ2n) is 8.06. The van der Waals surface area contributed by atoms with Crippen LogP contribution in [-0.2, 0) is 0 Å². The van der Waals surface area contributed by atoms with Crippen molar-refractivity contribution >= 4 is 17.2 Å². The molecule has 1 aliphatic heterocycles. The molecule has 0 atom stereocenters. The smallest absolute Gasteiger partial charge is 0.261 e. The molecule has 1 aromatic heterocycles. The second kappa shape index (κ2) is 9.72. The van der Waals surface area contributed by atoms with Crippen molar-refractivity contribution in [3.8, 4) is 0 Å². The lowest BCUT2D eigenvalue weighted by Crippen LogP contribution is -2.39. The van der Waals surface area contributed by atoms with Crippen LogP contribution in [0.1, 0.15) is 73.0 Å². The zero-order chi connectivity index (χ0) is 17.5. The Bertz CT molecular complexity index is 528. The van der Waals surface area contributed by atoms with Crippen molar-refractivity contribution in [1.82, 2.24) is 10.2 Å². The molecule has 25 heavy (non-hydrogen) atoms. The van der Waals surface area contributed by atoms with Crippen LogP contribution in [-0.4, -0.2) is 37.0 Å². The number of aryl methyl sites for hydroxylation is 1. The summed E-state index contributed by atoms with van der Waals surface area (Å²) in [6.07, 6.45) is 13.0. The fourth-order valence-corrected chi connectivity index (χ4v) is 5.30. The molecule has 4 heteroatoms. The number of rotatable bonds is 7. The molecule has 1 saturated heterocycles. The van der Waals surface area contributed by atoms with Gasteiger partial charge in [-0.15, -0.1) is 11.3 Å². The van der Waals surface area contributed by atoms with Crippen molar-refractivity contribution in [3.63, 3.8) is 0 Å². The molecule has 2 heterocycles. The largest absolute Gasteiger partial charge is 0.350 e. The molecule has 0 bridgehead atoms. The highest BCUT2D eigenvalue weighted by Gasteiger charge is 2.21. The van der Waals surface area contributed by atoms with Gasteiger partial charge in [-0.2, -0.15) is 0 Å². The first-order valence-electron chi connectivity index (χ1n) is 10.3. The highest BCUT2D eigenvalue weighted by atomic mass is 32.1. The van der Waals surface area contributed by atoms with Gasteiger partial charge in [0.1, 0.15) is 0 Å². The lowest BCUT2D eigenvalue weighted by Gasteiger charge is -2.33. The quantitative estimate of drug-likeness (QED) is 0.751. The first-order chi connectivity index (χ1) is 12.2. The number of carbonyl (C=O) groups excluding carboxylic acids is 1. The number of carbonyl (C=O) groups is 1. The molecule has 1 aliphatic carbocycles. The molecule has 140 valence electrons. The molecule has 2 aliphatic rings. The van der Waals surface area contributed by atoms with Crippen LogP contribution in [0, 0.1) is 18.8 Å². The summed E-state index contributed by atoms with van der Waals surface area (Å²) in [5.74, 6) is 2.07. The van der Waals surface area contributed by atoms with Gasteiger partial charge in [-0.25, -0.2) is 0 Å². The lowest BCUT2D eigenvalue weighted by molar-refractivity contribution is 0.0946. The van der Waals surface area contributed by atoms with Crippen molar-refractivity contribution in [2.45, 2.75) is 64.7 Å². The van der Waals surface area contributed by atoms with E-state index in [2.05, 4.69) is 10.2 Å². The Balaban J connectivity index is 1.27. The van der Waals surface area contributed by atoms with Crippen molar-refractivity contribution in [3.05, 3.63) is 21.9 Å². The minimum Gasteiger partial charge on any atom is -0.350 e. The van der Waals surface area contributed by atoms with E-state index < -0.39 is 0 Å². The summed E-state index contributed by atoms with van der Waals surface area (Å²) in [5.41, 5.74) is 1.08. The van der Waals surface area contributed by atoms with Gasteiger partial charge in [0.25, 0.3) is 5.91 Å². The van der Waals surface area contributed by atoms with Crippen LogP contribution in [0.4, 0.5) is 0 Å². The van der Waals surface area contributed by atoms with Crippen molar-refractivity contribution in [1.29, 1.82) is 0 Å². The average molecular weight is 363 g/mol. The zero-order valence-corrected chi connectivity index (χ0v) is 16.6. The Kier molecular flexibility index (Phi) is 7.35. The second-order valence-corrected chi connectivity index (χ2v) is 8.97. The van der Waals surface area contributed by atoms with Gasteiger partial charge in [0.2, 0.25) is 0 Å². The predicted molar refractivity (Wildman–Crippen MR) is 106 cm³/mol. The maximum Gasteiger partial charge on any atom is 0.261 e. The molecule has 1 N–H and O–H groups in total. The van der Waals surface area contributed by atoms with E-state index in [4.69, 9.17) is 0 Å². The van der Waals surface area contributed by atoms with E-state index >= 15 is 0 Å². The first-order valence-corrected chi connectivity index (χ1v) is 11.1. The van der Waals surface area contributed by atoms with Crippen molar-refractivity contribution < 1.29 is 4.79 Å². The van der Waals surface area contributed by atoms with Gasteiger partial charge in [0.05, 0.1) is 4.88 Å². The fourth-order valence-electron chi connectivity index (χ4n) is 4.46. The van der Waals surface area contributed by atoms with Crippen LogP contribution in [0.15, 0.2) is 11.4 Å². The van der Waals surface area contributed by atoms with Crippen LogP contribution < -0.4 is 5.32 Å². The number of hydrogen-bond donors (Lipinski definition) is 1. The summed E-state index contributed by atoms with van der Waals surface area (Å²) in [7, 11) is 0. The van der Waals surface area contributed by atoms with E-state index in [1.165, 1.54) is 82.2 Å². The zero-order valence-electron chi connectivity index (χ0n) is 15.8. The molecular weight excluding hydrogens is 328 g/mol. The minimum atomic E-state index is 0.0925. The molecule has 0 spiro atoms. The van der Waals surface area contributed by atoms with Gasteiger partial charge in [0, 0.05) is 13.1 Å². The topological polar surface area (TPSA) is 32.3 Å². The SMILES string of the molecule is Cc1ccsc1C(=O)NCCN1CCC(CCC2CCCCC2)CC1. The van der Waals surface area contributed by atoms with Crippen LogP contribution in [0.25, 0.3) is 0 Å². The standard InChI is InChI=1S/C21H34N2OS/c1-17-11-16-25-20(17)21(24)22-12-15-23-13-9-19(10-14-23)8-7-18-5-3-2-4-6-18/h11,16,18-19H,2-10,12-15H2,1H3,(H,22,24). The Labute approximate surface area is 157 Å². The Morgan fingerprint density at radius 1 is 1.12 bits per heavy atom. The van der Waals surface area contributed by atoms with Gasteiger partial charge < -0.3 is 10.2 Å². The molecule has 3 rings (SSSR count). The maximum absolute atomic E-state index is 12.1. The van der Waals surface area contributed by atoms with Crippen molar-refractivity contribution in [2.24, 2.45) is 11.8 Å². The van der Waals surface area contributed by atoms with Crippen LogP contribution in [0.3, 0.4) is 0 Å².